The lowest BCUT2D eigenvalue weighted by Gasteiger charge is -2.13. The van der Waals surface area contributed by atoms with Crippen LogP contribution in [-0.2, 0) is 6.42 Å². The molecule has 2 aromatic rings. The van der Waals surface area contributed by atoms with Gasteiger partial charge in [-0.15, -0.1) is 11.6 Å². The van der Waals surface area contributed by atoms with Crippen LogP contribution in [0.2, 0.25) is 0 Å². The molecule has 0 aliphatic heterocycles. The van der Waals surface area contributed by atoms with Crippen molar-refractivity contribution in [1.82, 2.24) is 0 Å². The summed E-state index contributed by atoms with van der Waals surface area (Å²) in [4.78, 5) is 0. The third kappa shape index (κ3) is 4.35. The molecule has 2 rings (SSSR count). The molecule has 0 bridgehead atoms. The van der Waals surface area contributed by atoms with E-state index in [1.54, 1.807) is 0 Å². The maximum absolute atomic E-state index is 6.62. The molecule has 1 unspecified atom stereocenters. The van der Waals surface area contributed by atoms with Crippen LogP contribution in [0.15, 0.2) is 48.5 Å². The van der Waals surface area contributed by atoms with Crippen LogP contribution in [0.4, 0.5) is 0 Å². The molecule has 1 heteroatoms. The zero-order valence-electron chi connectivity index (χ0n) is 13.3. The van der Waals surface area contributed by atoms with Crippen molar-refractivity contribution in [2.45, 2.75) is 51.3 Å². The predicted molar refractivity (Wildman–Crippen MR) is 93.3 cm³/mol. The van der Waals surface area contributed by atoms with Gasteiger partial charge in [0.25, 0.3) is 0 Å². The number of halogens is 1. The van der Waals surface area contributed by atoms with E-state index in [0.29, 0.717) is 5.92 Å². The van der Waals surface area contributed by atoms with Gasteiger partial charge in [-0.05, 0) is 41.0 Å². The maximum atomic E-state index is 6.62. The zero-order chi connectivity index (χ0) is 15.2. The highest BCUT2D eigenvalue weighted by molar-refractivity contribution is 6.22. The van der Waals surface area contributed by atoms with E-state index in [-0.39, 0.29) is 5.38 Å². The molecule has 1 atom stereocenters. The summed E-state index contributed by atoms with van der Waals surface area (Å²) < 4.78 is 0. The van der Waals surface area contributed by atoms with E-state index < -0.39 is 0 Å². The van der Waals surface area contributed by atoms with Crippen molar-refractivity contribution < 1.29 is 0 Å². The van der Waals surface area contributed by atoms with Crippen molar-refractivity contribution >= 4 is 11.6 Å². The van der Waals surface area contributed by atoms with Gasteiger partial charge in [-0.2, -0.15) is 0 Å². The summed E-state index contributed by atoms with van der Waals surface area (Å²) >= 11 is 6.62. The van der Waals surface area contributed by atoms with Gasteiger partial charge in [0.2, 0.25) is 0 Å². The topological polar surface area (TPSA) is 0 Å². The first-order valence-electron chi connectivity index (χ1n) is 7.94. The van der Waals surface area contributed by atoms with E-state index in [9.17, 15) is 0 Å². The molecule has 2 aromatic carbocycles. The fraction of sp³-hybridized carbons (Fsp3) is 0.400. The van der Waals surface area contributed by atoms with E-state index in [0.717, 1.165) is 6.42 Å². The highest BCUT2D eigenvalue weighted by atomic mass is 35.5. The monoisotopic (exact) mass is 300 g/mol. The Morgan fingerprint density at radius 3 is 1.76 bits per heavy atom. The number of hydrogen-bond acceptors (Lipinski definition) is 0. The molecule has 0 nitrogen and oxygen atoms in total. The molecule has 0 N–H and O–H groups in total. The largest absolute Gasteiger partial charge is 0.113 e. The molecular weight excluding hydrogens is 276 g/mol. The fourth-order valence-electron chi connectivity index (χ4n) is 2.48. The van der Waals surface area contributed by atoms with Gasteiger partial charge in [-0.1, -0.05) is 75.7 Å². The molecule has 0 aliphatic rings. The van der Waals surface area contributed by atoms with E-state index in [4.69, 9.17) is 11.6 Å². The number of unbranched alkanes of at least 4 members (excludes halogenated alkanes) is 1. The molecule has 0 spiro atoms. The van der Waals surface area contributed by atoms with Gasteiger partial charge < -0.3 is 0 Å². The van der Waals surface area contributed by atoms with Gasteiger partial charge in [0.05, 0.1) is 5.38 Å². The highest BCUT2D eigenvalue weighted by Gasteiger charge is 2.11. The lowest BCUT2D eigenvalue weighted by atomic mass is 9.97. The Morgan fingerprint density at radius 1 is 0.810 bits per heavy atom. The second-order valence-electron chi connectivity index (χ2n) is 6.03. The van der Waals surface area contributed by atoms with Gasteiger partial charge in [0.15, 0.2) is 0 Å². The Bertz CT molecular complexity index is 537. The maximum Gasteiger partial charge on any atom is 0.0835 e. The molecule has 0 saturated heterocycles. The molecule has 0 aromatic heterocycles. The quantitative estimate of drug-likeness (QED) is 0.535. The summed E-state index contributed by atoms with van der Waals surface area (Å²) in [6.07, 6.45) is 3.65. The summed E-state index contributed by atoms with van der Waals surface area (Å²) in [5, 5.41) is -0.0635. The first kappa shape index (κ1) is 16.1. The Balaban J connectivity index is 2.10. The number of hydrogen-bond donors (Lipinski definition) is 0. The number of rotatable bonds is 6. The minimum atomic E-state index is -0.0635. The van der Waals surface area contributed by atoms with E-state index >= 15 is 0 Å². The molecule has 0 fully saturated rings. The minimum Gasteiger partial charge on any atom is -0.113 e. The normalized spacial score (nSPS) is 12.6. The lowest BCUT2D eigenvalue weighted by Crippen LogP contribution is -1.95. The Labute approximate surface area is 134 Å². The Hall–Kier alpha value is -1.27. The van der Waals surface area contributed by atoms with Crippen LogP contribution in [0.5, 0.6) is 0 Å². The van der Waals surface area contributed by atoms with Crippen LogP contribution in [-0.4, -0.2) is 0 Å². The van der Waals surface area contributed by atoms with Crippen LogP contribution in [0.1, 0.15) is 67.2 Å². The van der Waals surface area contributed by atoms with E-state index in [1.807, 2.05) is 0 Å². The third-order valence-electron chi connectivity index (χ3n) is 3.99. The first-order chi connectivity index (χ1) is 10.1. The third-order valence-corrected chi connectivity index (χ3v) is 4.49. The summed E-state index contributed by atoms with van der Waals surface area (Å²) in [7, 11) is 0. The van der Waals surface area contributed by atoms with Gasteiger partial charge in [0, 0.05) is 0 Å². The lowest BCUT2D eigenvalue weighted by molar-refractivity contribution is 0.794. The van der Waals surface area contributed by atoms with Gasteiger partial charge in [-0.25, -0.2) is 0 Å². The van der Waals surface area contributed by atoms with Crippen molar-refractivity contribution in [2.24, 2.45) is 0 Å². The van der Waals surface area contributed by atoms with Crippen LogP contribution in [0.25, 0.3) is 0 Å². The Morgan fingerprint density at radius 2 is 1.29 bits per heavy atom. The van der Waals surface area contributed by atoms with E-state index in [1.165, 1.54) is 35.1 Å². The van der Waals surface area contributed by atoms with Crippen LogP contribution >= 0.6 is 11.6 Å². The molecule has 0 heterocycles. The second kappa shape index (κ2) is 7.66. The summed E-state index contributed by atoms with van der Waals surface area (Å²) in [6.45, 7) is 6.65. The summed E-state index contributed by atoms with van der Waals surface area (Å²) in [6, 6.07) is 17.4. The van der Waals surface area contributed by atoms with Crippen LogP contribution in [0, 0.1) is 0 Å². The van der Waals surface area contributed by atoms with E-state index in [2.05, 4.69) is 69.3 Å². The molecule has 112 valence electrons. The zero-order valence-corrected chi connectivity index (χ0v) is 14.0. The molecule has 21 heavy (non-hydrogen) atoms. The van der Waals surface area contributed by atoms with Crippen LogP contribution in [0.3, 0.4) is 0 Å². The van der Waals surface area contributed by atoms with Gasteiger partial charge >= 0.3 is 0 Å². The number of benzene rings is 2. The molecule has 0 radical (unpaired) electrons. The van der Waals surface area contributed by atoms with Crippen molar-refractivity contribution in [1.29, 1.82) is 0 Å². The highest BCUT2D eigenvalue weighted by Crippen LogP contribution is 2.30. The van der Waals surface area contributed by atoms with Gasteiger partial charge in [-0.3, -0.25) is 0 Å². The minimum absolute atomic E-state index is 0.0635. The van der Waals surface area contributed by atoms with Gasteiger partial charge in [0.1, 0.15) is 0 Å². The molecule has 0 amide bonds. The van der Waals surface area contributed by atoms with Crippen LogP contribution < -0.4 is 0 Å². The number of alkyl halides is 1. The fourth-order valence-corrected chi connectivity index (χ4v) is 2.77. The molecule has 0 saturated carbocycles. The summed E-state index contributed by atoms with van der Waals surface area (Å²) in [5.74, 6) is 0.561. The van der Waals surface area contributed by atoms with Crippen molar-refractivity contribution in [2.75, 3.05) is 0 Å². The first-order valence-corrected chi connectivity index (χ1v) is 8.38. The van der Waals surface area contributed by atoms with Crippen molar-refractivity contribution in [3.05, 3.63) is 70.8 Å². The number of aryl methyl sites for hydroxylation is 1. The average Bonchev–Trinajstić information content (AvgIpc) is 2.53. The average molecular weight is 301 g/mol. The standard InChI is InChI=1S/C20H25Cl/c1-4-5-6-16-7-9-18(10-8-16)20(21)19-13-11-17(12-14-19)15(2)3/h7-15,20H,4-6H2,1-3H3. The van der Waals surface area contributed by atoms with Crippen molar-refractivity contribution in [3.8, 4) is 0 Å². The van der Waals surface area contributed by atoms with Crippen molar-refractivity contribution in [3.63, 3.8) is 0 Å². The molecular formula is C20H25Cl. The second-order valence-corrected chi connectivity index (χ2v) is 6.47. The summed E-state index contributed by atoms with van der Waals surface area (Å²) in [5.41, 5.74) is 5.11. The SMILES string of the molecule is CCCCc1ccc(C(Cl)c2ccc(C(C)C)cc2)cc1. The Kier molecular flexibility index (Phi) is 5.87. The molecule has 0 aliphatic carbocycles. The predicted octanol–water partition coefficient (Wildman–Crippen LogP) is 6.48. The smallest absolute Gasteiger partial charge is 0.0835 e.